The van der Waals surface area contributed by atoms with E-state index in [1.165, 1.54) is 16.2 Å². The van der Waals surface area contributed by atoms with Crippen LogP contribution < -0.4 is 20.4 Å². The molecule has 0 aromatic heterocycles. The molecular formula is C22H28ClN4O2+. The predicted octanol–water partition coefficient (Wildman–Crippen LogP) is 1.74. The Morgan fingerprint density at radius 2 is 1.90 bits per heavy atom. The normalized spacial score (nSPS) is 14.5. The van der Waals surface area contributed by atoms with Crippen molar-refractivity contribution in [3.05, 3.63) is 58.6 Å². The molecule has 1 aliphatic rings. The summed E-state index contributed by atoms with van der Waals surface area (Å²) in [6, 6.07) is 13.0. The van der Waals surface area contributed by atoms with Crippen molar-refractivity contribution < 1.29 is 14.5 Å². The number of amides is 2. The van der Waals surface area contributed by atoms with Gasteiger partial charge in [-0.25, -0.2) is 0 Å². The lowest BCUT2D eigenvalue weighted by atomic mass is 10.1. The SMILES string of the molecule is CCNC(=O)c1cccc(NC(=O)C[NH+]2CCN(c3cc(Cl)ccc3C)CC2)c1. The standard InChI is InChI=1S/C22H27ClN4O2/c1-3-24-22(29)17-5-4-6-19(13-17)25-21(28)15-26-9-11-27(12-10-26)20-14-18(23)8-7-16(20)2/h4-8,13-14H,3,9-12,15H2,1-2H3,(H,24,29)(H,25,28)/p+1. The van der Waals surface area contributed by atoms with E-state index in [1.807, 2.05) is 25.1 Å². The van der Waals surface area contributed by atoms with E-state index in [9.17, 15) is 9.59 Å². The zero-order chi connectivity index (χ0) is 20.8. The number of nitrogens with zero attached hydrogens (tertiary/aromatic N) is 1. The molecule has 1 saturated heterocycles. The summed E-state index contributed by atoms with van der Waals surface area (Å²) in [4.78, 5) is 28.0. The highest BCUT2D eigenvalue weighted by atomic mass is 35.5. The fourth-order valence-electron chi connectivity index (χ4n) is 3.60. The first-order chi connectivity index (χ1) is 14.0. The van der Waals surface area contributed by atoms with Crippen LogP contribution in [0.5, 0.6) is 0 Å². The summed E-state index contributed by atoms with van der Waals surface area (Å²) in [5, 5.41) is 6.42. The summed E-state index contributed by atoms with van der Waals surface area (Å²) >= 11 is 6.15. The lowest BCUT2D eigenvalue weighted by Crippen LogP contribution is -3.15. The minimum Gasteiger partial charge on any atom is -0.360 e. The van der Waals surface area contributed by atoms with E-state index in [2.05, 4.69) is 22.5 Å². The van der Waals surface area contributed by atoms with Crippen molar-refractivity contribution >= 4 is 34.8 Å². The van der Waals surface area contributed by atoms with Crippen LogP contribution in [0.25, 0.3) is 0 Å². The van der Waals surface area contributed by atoms with Gasteiger partial charge in [-0.3, -0.25) is 9.59 Å². The highest BCUT2D eigenvalue weighted by molar-refractivity contribution is 6.30. The van der Waals surface area contributed by atoms with E-state index in [0.717, 1.165) is 31.2 Å². The van der Waals surface area contributed by atoms with Crippen molar-refractivity contribution in [2.75, 3.05) is 49.5 Å². The fourth-order valence-corrected chi connectivity index (χ4v) is 3.76. The van der Waals surface area contributed by atoms with E-state index in [1.54, 1.807) is 24.3 Å². The molecule has 0 atom stereocenters. The molecule has 6 nitrogen and oxygen atoms in total. The molecule has 3 N–H and O–H groups in total. The third-order valence-corrected chi connectivity index (χ3v) is 5.37. The summed E-state index contributed by atoms with van der Waals surface area (Å²) in [5.41, 5.74) is 3.57. The van der Waals surface area contributed by atoms with E-state index in [0.29, 0.717) is 24.3 Å². The Kier molecular flexibility index (Phi) is 7.12. The molecule has 1 heterocycles. The Bertz CT molecular complexity index is 879. The van der Waals surface area contributed by atoms with Crippen LogP contribution in [0, 0.1) is 6.92 Å². The van der Waals surface area contributed by atoms with Gasteiger partial charge in [0.05, 0.1) is 26.2 Å². The first kappa shape index (κ1) is 21.1. The van der Waals surface area contributed by atoms with Crippen LogP contribution in [-0.4, -0.2) is 51.1 Å². The van der Waals surface area contributed by atoms with Crippen LogP contribution in [0.15, 0.2) is 42.5 Å². The maximum Gasteiger partial charge on any atom is 0.279 e. The molecule has 0 bridgehead atoms. The van der Waals surface area contributed by atoms with Gasteiger partial charge >= 0.3 is 0 Å². The average Bonchev–Trinajstić information content (AvgIpc) is 2.71. The summed E-state index contributed by atoms with van der Waals surface area (Å²) in [7, 11) is 0. The van der Waals surface area contributed by atoms with Gasteiger partial charge in [0.25, 0.3) is 11.8 Å². The smallest absolute Gasteiger partial charge is 0.279 e. The largest absolute Gasteiger partial charge is 0.360 e. The summed E-state index contributed by atoms with van der Waals surface area (Å²) in [6.45, 7) is 8.49. The van der Waals surface area contributed by atoms with Gasteiger partial charge in [0.15, 0.2) is 6.54 Å². The van der Waals surface area contributed by atoms with Crippen molar-refractivity contribution in [2.45, 2.75) is 13.8 Å². The highest BCUT2D eigenvalue weighted by Crippen LogP contribution is 2.24. The highest BCUT2D eigenvalue weighted by Gasteiger charge is 2.23. The molecule has 2 aromatic rings. The van der Waals surface area contributed by atoms with Crippen LogP contribution in [0.1, 0.15) is 22.8 Å². The van der Waals surface area contributed by atoms with Gasteiger partial charge in [-0.15, -0.1) is 0 Å². The van der Waals surface area contributed by atoms with Crippen LogP contribution in [0.2, 0.25) is 5.02 Å². The third-order valence-electron chi connectivity index (χ3n) is 5.14. The second-order valence-corrected chi connectivity index (χ2v) is 7.77. The molecule has 154 valence electrons. The molecule has 7 heteroatoms. The van der Waals surface area contributed by atoms with Gasteiger partial charge < -0.3 is 20.4 Å². The molecule has 29 heavy (non-hydrogen) atoms. The predicted molar refractivity (Wildman–Crippen MR) is 117 cm³/mol. The monoisotopic (exact) mass is 415 g/mol. The van der Waals surface area contributed by atoms with Crippen LogP contribution in [0.3, 0.4) is 0 Å². The number of carbonyl (C=O) groups is 2. The van der Waals surface area contributed by atoms with Crippen molar-refractivity contribution in [1.29, 1.82) is 0 Å². The zero-order valence-electron chi connectivity index (χ0n) is 16.9. The zero-order valence-corrected chi connectivity index (χ0v) is 17.7. The number of hydrogen-bond donors (Lipinski definition) is 3. The number of piperazine rings is 1. The molecule has 0 saturated carbocycles. The summed E-state index contributed by atoms with van der Waals surface area (Å²) in [5.74, 6) is -0.179. The van der Waals surface area contributed by atoms with Crippen LogP contribution in [-0.2, 0) is 4.79 Å². The minimum absolute atomic E-state index is 0.0413. The Balaban J connectivity index is 1.52. The van der Waals surface area contributed by atoms with Crippen molar-refractivity contribution in [3.8, 4) is 0 Å². The molecule has 1 fully saturated rings. The molecule has 0 spiro atoms. The van der Waals surface area contributed by atoms with E-state index < -0.39 is 0 Å². The quantitative estimate of drug-likeness (QED) is 0.673. The molecule has 2 aromatic carbocycles. The van der Waals surface area contributed by atoms with Crippen LogP contribution >= 0.6 is 11.6 Å². The molecule has 3 rings (SSSR count). The summed E-state index contributed by atoms with van der Waals surface area (Å²) < 4.78 is 0. The Morgan fingerprint density at radius 3 is 2.62 bits per heavy atom. The number of anilines is 2. The van der Waals surface area contributed by atoms with Gasteiger partial charge in [0.2, 0.25) is 0 Å². The number of halogens is 1. The Hall–Kier alpha value is -2.57. The molecule has 0 radical (unpaired) electrons. The van der Waals surface area contributed by atoms with Gasteiger partial charge in [-0.1, -0.05) is 23.7 Å². The number of hydrogen-bond acceptors (Lipinski definition) is 3. The Morgan fingerprint density at radius 1 is 1.14 bits per heavy atom. The maximum atomic E-state index is 12.5. The Labute approximate surface area is 176 Å². The van der Waals surface area contributed by atoms with Gasteiger partial charge in [-0.05, 0) is 49.7 Å². The van der Waals surface area contributed by atoms with Gasteiger partial charge in [-0.2, -0.15) is 0 Å². The number of quaternary nitrogens is 1. The van der Waals surface area contributed by atoms with E-state index >= 15 is 0 Å². The topological polar surface area (TPSA) is 65.9 Å². The third kappa shape index (κ3) is 5.71. The second-order valence-electron chi connectivity index (χ2n) is 7.33. The molecule has 0 aliphatic carbocycles. The maximum absolute atomic E-state index is 12.5. The molecule has 2 amide bonds. The lowest BCUT2D eigenvalue weighted by Gasteiger charge is -2.34. The molecular weight excluding hydrogens is 388 g/mol. The van der Waals surface area contributed by atoms with Crippen molar-refractivity contribution in [1.82, 2.24) is 5.32 Å². The van der Waals surface area contributed by atoms with Gasteiger partial charge in [0.1, 0.15) is 0 Å². The lowest BCUT2D eigenvalue weighted by molar-refractivity contribution is -0.892. The van der Waals surface area contributed by atoms with Crippen molar-refractivity contribution in [3.63, 3.8) is 0 Å². The molecule has 0 unspecified atom stereocenters. The van der Waals surface area contributed by atoms with Crippen molar-refractivity contribution in [2.24, 2.45) is 0 Å². The molecule has 1 aliphatic heterocycles. The summed E-state index contributed by atoms with van der Waals surface area (Å²) in [6.07, 6.45) is 0. The van der Waals surface area contributed by atoms with E-state index in [-0.39, 0.29) is 11.8 Å². The minimum atomic E-state index is -0.137. The first-order valence-electron chi connectivity index (χ1n) is 9.99. The number of carbonyl (C=O) groups excluding carboxylic acids is 2. The van der Waals surface area contributed by atoms with Crippen LogP contribution in [0.4, 0.5) is 11.4 Å². The number of rotatable bonds is 6. The number of benzene rings is 2. The fraction of sp³-hybridized carbons (Fsp3) is 0.364. The second kappa shape index (κ2) is 9.76. The first-order valence-corrected chi connectivity index (χ1v) is 10.4. The average molecular weight is 416 g/mol. The number of aryl methyl sites for hydroxylation is 1. The van der Waals surface area contributed by atoms with E-state index in [4.69, 9.17) is 11.6 Å². The van der Waals surface area contributed by atoms with Gasteiger partial charge in [0, 0.05) is 28.5 Å². The number of nitrogens with one attached hydrogen (secondary N) is 3.